The third-order valence-electron chi connectivity index (χ3n) is 1.95. The first-order chi connectivity index (χ1) is 7.72. The Labute approximate surface area is 94.2 Å². The zero-order valence-electron chi connectivity index (χ0n) is 9.12. The highest BCUT2D eigenvalue weighted by Gasteiger charge is 2.02. The summed E-state index contributed by atoms with van der Waals surface area (Å²) in [5.41, 5.74) is 0.873. The van der Waals surface area contributed by atoms with Gasteiger partial charge in [-0.25, -0.2) is 0 Å². The zero-order valence-corrected chi connectivity index (χ0v) is 9.12. The molecule has 0 saturated carbocycles. The van der Waals surface area contributed by atoms with Crippen molar-refractivity contribution in [3.8, 4) is 0 Å². The molecule has 1 aromatic carbocycles. The summed E-state index contributed by atoms with van der Waals surface area (Å²) in [4.78, 5) is 22.1. The summed E-state index contributed by atoms with van der Waals surface area (Å²) in [5.74, 6) is -0.430. The van der Waals surface area contributed by atoms with Gasteiger partial charge >= 0.3 is 0 Å². The van der Waals surface area contributed by atoms with Crippen LogP contribution in [0.3, 0.4) is 0 Å². The van der Waals surface area contributed by atoms with E-state index in [1.165, 1.54) is 7.05 Å². The number of para-hydroxylation sites is 1. The Morgan fingerprint density at radius 2 is 1.75 bits per heavy atom. The van der Waals surface area contributed by atoms with E-state index in [1.54, 1.807) is 0 Å². The van der Waals surface area contributed by atoms with E-state index in [0.29, 0.717) is 0 Å². The molecule has 2 amide bonds. The average Bonchev–Trinajstić information content (AvgIpc) is 2.34. The van der Waals surface area contributed by atoms with Gasteiger partial charge < -0.3 is 16.0 Å². The van der Waals surface area contributed by atoms with E-state index in [-0.39, 0.29) is 24.9 Å². The third kappa shape index (κ3) is 4.45. The molecule has 0 unspecified atom stereocenters. The van der Waals surface area contributed by atoms with Crippen molar-refractivity contribution in [1.82, 2.24) is 10.6 Å². The number of rotatable bonds is 5. The quantitative estimate of drug-likeness (QED) is 0.653. The molecule has 5 nitrogen and oxygen atoms in total. The molecule has 0 aliphatic rings. The minimum atomic E-state index is -0.215. The number of hydrogen-bond acceptors (Lipinski definition) is 3. The van der Waals surface area contributed by atoms with Crippen LogP contribution < -0.4 is 16.0 Å². The molecular weight excluding hydrogens is 206 g/mol. The van der Waals surface area contributed by atoms with E-state index < -0.39 is 0 Å². The van der Waals surface area contributed by atoms with Crippen molar-refractivity contribution in [1.29, 1.82) is 0 Å². The van der Waals surface area contributed by atoms with Crippen molar-refractivity contribution in [3.63, 3.8) is 0 Å². The fraction of sp³-hybridized carbons (Fsp3) is 0.273. The minimum Gasteiger partial charge on any atom is -0.376 e. The molecule has 0 aliphatic heterocycles. The molecule has 3 N–H and O–H groups in total. The second-order valence-electron chi connectivity index (χ2n) is 3.17. The molecule has 1 aromatic rings. The van der Waals surface area contributed by atoms with Gasteiger partial charge in [0, 0.05) is 12.7 Å². The van der Waals surface area contributed by atoms with Crippen LogP contribution in [-0.2, 0) is 9.59 Å². The van der Waals surface area contributed by atoms with Crippen LogP contribution in [0.15, 0.2) is 30.3 Å². The summed E-state index contributed by atoms with van der Waals surface area (Å²) < 4.78 is 0. The molecule has 0 fully saturated rings. The lowest BCUT2D eigenvalue weighted by atomic mass is 10.3. The summed E-state index contributed by atoms with van der Waals surface area (Å²) >= 11 is 0. The lowest BCUT2D eigenvalue weighted by molar-refractivity contribution is -0.124. The van der Waals surface area contributed by atoms with E-state index in [0.717, 1.165) is 5.69 Å². The molecule has 0 aromatic heterocycles. The van der Waals surface area contributed by atoms with E-state index in [1.807, 2.05) is 30.3 Å². The van der Waals surface area contributed by atoms with Crippen LogP contribution >= 0.6 is 0 Å². The first-order valence-corrected chi connectivity index (χ1v) is 4.98. The third-order valence-corrected chi connectivity index (χ3v) is 1.95. The highest BCUT2D eigenvalue weighted by atomic mass is 16.2. The lowest BCUT2D eigenvalue weighted by Gasteiger charge is -2.06. The van der Waals surface area contributed by atoms with Crippen LogP contribution in [0.4, 0.5) is 5.69 Å². The van der Waals surface area contributed by atoms with Crippen molar-refractivity contribution < 1.29 is 9.59 Å². The Kier molecular flexibility index (Phi) is 4.85. The number of hydrogen-bond donors (Lipinski definition) is 3. The monoisotopic (exact) mass is 221 g/mol. The topological polar surface area (TPSA) is 70.2 Å². The summed E-state index contributed by atoms with van der Waals surface area (Å²) in [6, 6.07) is 9.39. The molecular formula is C11H15N3O2. The van der Waals surface area contributed by atoms with Gasteiger partial charge in [0.05, 0.1) is 13.1 Å². The summed E-state index contributed by atoms with van der Waals surface area (Å²) in [7, 11) is 1.52. The standard InChI is InChI=1S/C11H15N3O2/c1-12-10(15)7-14-11(16)8-13-9-5-3-2-4-6-9/h2-6,13H,7-8H2,1H3,(H,12,15)(H,14,16). The highest BCUT2D eigenvalue weighted by Crippen LogP contribution is 2.03. The molecule has 0 atom stereocenters. The van der Waals surface area contributed by atoms with Gasteiger partial charge in [-0.1, -0.05) is 18.2 Å². The second-order valence-corrected chi connectivity index (χ2v) is 3.17. The van der Waals surface area contributed by atoms with Gasteiger partial charge in [-0.2, -0.15) is 0 Å². The maximum Gasteiger partial charge on any atom is 0.239 e. The molecule has 0 radical (unpaired) electrons. The van der Waals surface area contributed by atoms with Gasteiger partial charge in [0.1, 0.15) is 0 Å². The molecule has 5 heteroatoms. The average molecular weight is 221 g/mol. The Hall–Kier alpha value is -2.04. The van der Waals surface area contributed by atoms with Crippen molar-refractivity contribution in [2.24, 2.45) is 0 Å². The molecule has 1 rings (SSSR count). The van der Waals surface area contributed by atoms with E-state index in [2.05, 4.69) is 16.0 Å². The number of anilines is 1. The first kappa shape index (κ1) is 12.0. The summed E-state index contributed by atoms with van der Waals surface area (Å²) in [5, 5.41) is 7.85. The fourth-order valence-corrected chi connectivity index (χ4v) is 1.07. The second kappa shape index (κ2) is 6.44. The Morgan fingerprint density at radius 3 is 2.38 bits per heavy atom. The lowest BCUT2D eigenvalue weighted by Crippen LogP contribution is -2.37. The van der Waals surface area contributed by atoms with Gasteiger partial charge in [0.2, 0.25) is 11.8 Å². The molecule has 0 heterocycles. The van der Waals surface area contributed by atoms with Crippen molar-refractivity contribution in [2.45, 2.75) is 0 Å². The number of likely N-dealkylation sites (N-methyl/N-ethyl adjacent to an activating group) is 1. The SMILES string of the molecule is CNC(=O)CNC(=O)CNc1ccccc1. The van der Waals surface area contributed by atoms with Crippen LogP contribution in [0, 0.1) is 0 Å². The molecule has 0 aliphatic carbocycles. The minimum absolute atomic E-state index is 0.00576. The largest absolute Gasteiger partial charge is 0.376 e. The number of nitrogens with one attached hydrogen (secondary N) is 3. The number of amides is 2. The van der Waals surface area contributed by atoms with E-state index >= 15 is 0 Å². The maximum absolute atomic E-state index is 11.3. The normalized spacial score (nSPS) is 9.31. The van der Waals surface area contributed by atoms with E-state index in [4.69, 9.17) is 0 Å². The van der Waals surface area contributed by atoms with E-state index in [9.17, 15) is 9.59 Å². The number of benzene rings is 1. The smallest absolute Gasteiger partial charge is 0.239 e. The van der Waals surface area contributed by atoms with Gasteiger partial charge in [0.25, 0.3) is 0 Å². The van der Waals surface area contributed by atoms with Crippen LogP contribution in [-0.4, -0.2) is 32.0 Å². The molecule has 0 saturated heterocycles. The van der Waals surface area contributed by atoms with Gasteiger partial charge in [-0.3, -0.25) is 9.59 Å². The van der Waals surface area contributed by atoms with Crippen molar-refractivity contribution in [2.75, 3.05) is 25.5 Å². The molecule has 86 valence electrons. The molecule has 0 bridgehead atoms. The zero-order chi connectivity index (χ0) is 11.8. The van der Waals surface area contributed by atoms with Crippen LogP contribution in [0.1, 0.15) is 0 Å². The van der Waals surface area contributed by atoms with Crippen LogP contribution in [0.5, 0.6) is 0 Å². The fourth-order valence-electron chi connectivity index (χ4n) is 1.07. The number of carbonyl (C=O) groups is 2. The highest BCUT2D eigenvalue weighted by molar-refractivity contribution is 5.86. The van der Waals surface area contributed by atoms with Gasteiger partial charge in [-0.05, 0) is 12.1 Å². The summed E-state index contributed by atoms with van der Waals surface area (Å²) in [6.45, 7) is 0.160. The van der Waals surface area contributed by atoms with Crippen molar-refractivity contribution >= 4 is 17.5 Å². The van der Waals surface area contributed by atoms with Crippen LogP contribution in [0.25, 0.3) is 0 Å². The molecule has 16 heavy (non-hydrogen) atoms. The van der Waals surface area contributed by atoms with Crippen LogP contribution in [0.2, 0.25) is 0 Å². The van der Waals surface area contributed by atoms with Crippen molar-refractivity contribution in [3.05, 3.63) is 30.3 Å². The Bertz CT molecular complexity index is 352. The first-order valence-electron chi connectivity index (χ1n) is 4.98. The van der Waals surface area contributed by atoms with Gasteiger partial charge in [0.15, 0.2) is 0 Å². The predicted octanol–water partition coefficient (Wildman–Crippen LogP) is -0.0393. The number of carbonyl (C=O) groups excluding carboxylic acids is 2. The summed E-state index contributed by atoms with van der Waals surface area (Å²) in [6.07, 6.45) is 0. The molecule has 0 spiro atoms. The Balaban J connectivity index is 2.23. The van der Waals surface area contributed by atoms with Gasteiger partial charge in [-0.15, -0.1) is 0 Å². The maximum atomic E-state index is 11.3. The predicted molar refractivity (Wildman–Crippen MR) is 62.0 cm³/mol. The Morgan fingerprint density at radius 1 is 1.06 bits per heavy atom.